The van der Waals surface area contributed by atoms with Crippen LogP contribution in [0.2, 0.25) is 0 Å². The van der Waals surface area contributed by atoms with Gasteiger partial charge in [0.05, 0.1) is 13.2 Å². The lowest BCUT2D eigenvalue weighted by Crippen LogP contribution is -2.39. The molecule has 10 nitrogen and oxygen atoms in total. The summed E-state index contributed by atoms with van der Waals surface area (Å²) in [6, 6.07) is 0. The Morgan fingerprint density at radius 3 is 1.75 bits per heavy atom. The van der Waals surface area contributed by atoms with Crippen molar-refractivity contribution in [1.29, 1.82) is 0 Å². The summed E-state index contributed by atoms with van der Waals surface area (Å²) in [7, 11) is 0. The van der Waals surface area contributed by atoms with Crippen molar-refractivity contribution >= 4 is 24.1 Å². The van der Waals surface area contributed by atoms with E-state index in [0.717, 1.165) is 70.6 Å². The Kier molecular flexibility index (Phi) is 13.1. The number of ether oxygens (including phenoxy) is 2. The minimum Gasteiger partial charge on any atom is -0.449 e. The van der Waals surface area contributed by atoms with Crippen molar-refractivity contribution in [2.75, 3.05) is 39.4 Å². The van der Waals surface area contributed by atoms with Gasteiger partial charge in [0.1, 0.15) is 0 Å². The number of terminal acetylenes is 2. The number of imide groups is 1. The van der Waals surface area contributed by atoms with Crippen molar-refractivity contribution in [2.45, 2.75) is 77.0 Å². The van der Waals surface area contributed by atoms with Gasteiger partial charge < -0.3 is 19.7 Å². The highest BCUT2D eigenvalue weighted by Crippen LogP contribution is 2.30. The van der Waals surface area contributed by atoms with E-state index in [4.69, 9.17) is 22.3 Å². The van der Waals surface area contributed by atoms with Gasteiger partial charge in [0, 0.05) is 38.8 Å². The molecule has 5 fully saturated rings. The summed E-state index contributed by atoms with van der Waals surface area (Å²) in [5.74, 6) is 6.87. The Labute approximate surface area is 237 Å². The van der Waals surface area contributed by atoms with E-state index in [0.29, 0.717) is 36.0 Å². The molecule has 0 atom stereocenters. The van der Waals surface area contributed by atoms with Gasteiger partial charge in [-0.15, -0.1) is 24.7 Å². The summed E-state index contributed by atoms with van der Waals surface area (Å²) < 4.78 is 9.96. The van der Waals surface area contributed by atoms with E-state index in [-0.39, 0.29) is 18.9 Å². The molecule has 0 aromatic heterocycles. The van der Waals surface area contributed by atoms with E-state index in [1.54, 1.807) is 0 Å². The van der Waals surface area contributed by atoms with Gasteiger partial charge in [-0.05, 0) is 88.1 Å². The van der Waals surface area contributed by atoms with Crippen molar-refractivity contribution in [3.05, 3.63) is 0 Å². The van der Waals surface area contributed by atoms with Crippen molar-refractivity contribution in [3.8, 4) is 24.7 Å². The first-order chi connectivity index (χ1) is 19.4. The lowest BCUT2D eigenvalue weighted by molar-refractivity contribution is -0.177. The first kappa shape index (κ1) is 31.3. The van der Waals surface area contributed by atoms with Gasteiger partial charge >= 0.3 is 12.2 Å². The summed E-state index contributed by atoms with van der Waals surface area (Å²) in [5.41, 5.74) is 0. The molecule has 10 heteroatoms. The van der Waals surface area contributed by atoms with E-state index in [1.165, 1.54) is 25.7 Å². The molecule has 40 heavy (non-hydrogen) atoms. The van der Waals surface area contributed by atoms with Crippen LogP contribution in [-0.4, -0.2) is 73.4 Å². The highest BCUT2D eigenvalue weighted by atomic mass is 16.8. The molecule has 0 spiro atoms. The van der Waals surface area contributed by atoms with Gasteiger partial charge in [-0.2, -0.15) is 0 Å². The zero-order valence-corrected chi connectivity index (χ0v) is 23.4. The van der Waals surface area contributed by atoms with Crippen molar-refractivity contribution < 1.29 is 33.5 Å². The maximum absolute atomic E-state index is 11.7. The highest BCUT2D eigenvalue weighted by molar-refractivity contribution is 6.01. The minimum atomic E-state index is -0.981. The molecule has 0 unspecified atom stereocenters. The van der Waals surface area contributed by atoms with Gasteiger partial charge in [-0.25, -0.2) is 9.59 Å². The van der Waals surface area contributed by atoms with Gasteiger partial charge in [-0.1, -0.05) is 5.06 Å². The maximum atomic E-state index is 11.7. The molecule has 1 N–H and O–H groups in total. The van der Waals surface area contributed by atoms with E-state index >= 15 is 0 Å². The lowest BCUT2D eigenvalue weighted by atomic mass is 9.94. The molecule has 5 aliphatic rings. The molecule has 0 bridgehead atoms. The lowest BCUT2D eigenvalue weighted by Gasteiger charge is -2.30. The Hall–Kier alpha value is -3.24. The fourth-order valence-corrected chi connectivity index (χ4v) is 4.53. The largest absolute Gasteiger partial charge is 0.533 e. The number of carbonyl (C=O) groups excluding carboxylic acids is 4. The van der Waals surface area contributed by atoms with Crippen LogP contribution in [0.3, 0.4) is 0 Å². The summed E-state index contributed by atoms with van der Waals surface area (Å²) in [6.07, 6.45) is 20.5. The second-order valence-electron chi connectivity index (χ2n) is 11.1. The molecule has 2 aliphatic carbocycles. The second-order valence-corrected chi connectivity index (χ2v) is 11.1. The van der Waals surface area contributed by atoms with Crippen LogP contribution < -0.4 is 5.32 Å². The zero-order valence-electron chi connectivity index (χ0n) is 23.4. The maximum Gasteiger partial charge on any atom is 0.533 e. The second kappa shape index (κ2) is 16.8. The monoisotopic (exact) mass is 557 g/mol. The molecular weight excluding hydrogens is 514 g/mol. The molecule has 2 saturated carbocycles. The van der Waals surface area contributed by atoms with Crippen LogP contribution in [0.4, 0.5) is 9.59 Å². The quantitative estimate of drug-likeness (QED) is 0.285. The molecule has 0 aromatic carbocycles. The normalized spacial score (nSPS) is 21.1. The summed E-state index contributed by atoms with van der Waals surface area (Å²) in [5, 5.41) is 3.79. The van der Waals surface area contributed by atoms with E-state index in [2.05, 4.69) is 22.0 Å². The molecule has 0 radical (unpaired) electrons. The van der Waals surface area contributed by atoms with E-state index in [1.807, 2.05) is 4.90 Å². The van der Waals surface area contributed by atoms with Crippen molar-refractivity contribution in [1.82, 2.24) is 15.3 Å². The Morgan fingerprint density at radius 2 is 1.25 bits per heavy atom. The zero-order chi connectivity index (χ0) is 28.7. The number of amides is 3. The third-order valence-corrected chi connectivity index (χ3v) is 7.59. The van der Waals surface area contributed by atoms with E-state index in [9.17, 15) is 19.2 Å². The molecule has 0 aromatic rings. The summed E-state index contributed by atoms with van der Waals surface area (Å²) >= 11 is 0. The average molecular weight is 558 g/mol. The molecule has 3 heterocycles. The number of carbonyl (C=O) groups is 4. The molecular formula is C30H43N3O7. The van der Waals surface area contributed by atoms with Crippen LogP contribution in [-0.2, 0) is 23.9 Å². The molecule has 3 amide bonds. The van der Waals surface area contributed by atoms with Crippen LogP contribution in [0.15, 0.2) is 0 Å². The number of nitrogens with one attached hydrogen (secondary N) is 1. The van der Waals surface area contributed by atoms with Gasteiger partial charge in [-0.3, -0.25) is 14.4 Å². The molecule has 3 saturated heterocycles. The van der Waals surface area contributed by atoms with Crippen molar-refractivity contribution in [3.63, 3.8) is 0 Å². The Balaban J connectivity index is 0.000000172. The third-order valence-electron chi connectivity index (χ3n) is 7.59. The fourth-order valence-electron chi connectivity index (χ4n) is 4.53. The predicted octanol–water partition coefficient (Wildman–Crippen LogP) is 3.89. The van der Waals surface area contributed by atoms with Crippen LogP contribution >= 0.6 is 0 Å². The number of hydroxylamine groups is 2. The Morgan fingerprint density at radius 1 is 0.750 bits per heavy atom. The number of nitrogens with zero attached hydrogens (tertiary/aromatic N) is 2. The van der Waals surface area contributed by atoms with Crippen LogP contribution in [0.5, 0.6) is 0 Å². The van der Waals surface area contributed by atoms with Crippen molar-refractivity contribution in [2.24, 2.45) is 23.7 Å². The van der Waals surface area contributed by atoms with Gasteiger partial charge in [0.25, 0.3) is 11.8 Å². The topological polar surface area (TPSA) is 114 Å². The smallest absolute Gasteiger partial charge is 0.449 e. The average Bonchev–Trinajstić information content (AvgIpc) is 3.90. The van der Waals surface area contributed by atoms with Gasteiger partial charge in [0.15, 0.2) is 0 Å². The Bertz CT molecular complexity index is 918. The predicted molar refractivity (Wildman–Crippen MR) is 147 cm³/mol. The first-order valence-electron chi connectivity index (χ1n) is 14.6. The fraction of sp³-hybridized carbons (Fsp3) is 0.733. The number of hydrogen-bond acceptors (Lipinski definition) is 8. The molecule has 220 valence electrons. The summed E-state index contributed by atoms with van der Waals surface area (Å²) in [4.78, 5) is 51.1. The first-order valence-corrected chi connectivity index (χ1v) is 14.6. The number of hydrogen-bond donors (Lipinski definition) is 1. The number of piperidine rings is 2. The minimum absolute atomic E-state index is 0.0920. The van der Waals surface area contributed by atoms with Crippen LogP contribution in [0, 0.1) is 48.4 Å². The standard InChI is InChI=1S/C13H19NO2.C9H11NO5.C8H13N/c1-2-3-11-6-8-14(9-7-11)13(15)16-10-12-4-5-12;11-7-3-4-8(12)10(7)15-9(13)14-5-6-1-2-6;1-2-3-8-4-6-9-7-5-8/h1,11-12H,3-10H2;6H,1-5H2;1,8-9H,3-7H2. The molecule has 5 rings (SSSR count). The van der Waals surface area contributed by atoms with Crippen LogP contribution in [0.1, 0.15) is 77.0 Å². The van der Waals surface area contributed by atoms with Gasteiger partial charge in [0.2, 0.25) is 0 Å². The number of rotatable bonds is 7. The highest BCUT2D eigenvalue weighted by Gasteiger charge is 2.34. The molecule has 3 aliphatic heterocycles. The number of likely N-dealkylation sites (tertiary alicyclic amines) is 1. The SMILES string of the molecule is C#CCC1CCN(C(=O)OCC2CC2)CC1.C#CCC1CCNCC1.O=C(OCC1CC1)ON1C(=O)CCC1=O. The van der Waals surface area contributed by atoms with E-state index < -0.39 is 18.0 Å². The third kappa shape index (κ3) is 11.9. The summed E-state index contributed by atoms with van der Waals surface area (Å²) in [6.45, 7) is 4.84. The van der Waals surface area contributed by atoms with Crippen LogP contribution in [0.25, 0.3) is 0 Å².